The van der Waals surface area contributed by atoms with E-state index in [1.807, 2.05) is 18.2 Å². The van der Waals surface area contributed by atoms with Gasteiger partial charge in [0.25, 0.3) is 0 Å². The molecule has 0 fully saturated rings. The van der Waals surface area contributed by atoms with Gasteiger partial charge >= 0.3 is 5.97 Å². The molecule has 0 saturated heterocycles. The lowest BCUT2D eigenvalue weighted by atomic mass is 10.1. The first kappa shape index (κ1) is 31.6. The van der Waals surface area contributed by atoms with Gasteiger partial charge in [0.2, 0.25) is 5.91 Å². The molecule has 0 radical (unpaired) electrons. The number of allylic oxidation sites excluding steroid dienone is 3. The van der Waals surface area contributed by atoms with Crippen LogP contribution < -0.4 is 11.1 Å². The topological polar surface area (TPSA) is 133 Å². The van der Waals surface area contributed by atoms with E-state index < -0.39 is 30.6 Å². The highest BCUT2D eigenvalue weighted by molar-refractivity contribution is 8.00. The summed E-state index contributed by atoms with van der Waals surface area (Å²) in [6.07, 6.45) is 20.7. The lowest BCUT2D eigenvalue weighted by Crippen LogP contribution is -2.44. The predicted octanol–water partition coefficient (Wildman–Crippen LogP) is 3.78. The van der Waals surface area contributed by atoms with Gasteiger partial charge in [-0.15, -0.1) is 11.8 Å². The Morgan fingerprint density at radius 2 is 1.67 bits per heavy atom. The van der Waals surface area contributed by atoms with Crippen LogP contribution >= 0.6 is 11.8 Å². The number of carboxylic acids is 1. The van der Waals surface area contributed by atoms with E-state index in [2.05, 4.69) is 18.3 Å². The molecule has 1 amide bonds. The molecular weight excluding hydrogens is 440 g/mol. The number of aliphatic carboxylic acids is 1. The Hall–Kier alpha value is -1.35. The van der Waals surface area contributed by atoms with Crippen LogP contribution in [0.1, 0.15) is 84.0 Å². The summed E-state index contributed by atoms with van der Waals surface area (Å²) in [5, 5.41) is 30.2. The Kier molecular flexibility index (Phi) is 21.5. The van der Waals surface area contributed by atoms with Gasteiger partial charge in [-0.3, -0.25) is 9.59 Å². The first-order chi connectivity index (χ1) is 15.9. The molecule has 0 rings (SSSR count). The van der Waals surface area contributed by atoms with Crippen molar-refractivity contribution in [2.75, 3.05) is 18.9 Å². The molecule has 0 aromatic rings. The Balaban J connectivity index is 4.42. The molecule has 0 aliphatic heterocycles. The molecule has 8 heteroatoms. The molecule has 0 aromatic heterocycles. The molecule has 33 heavy (non-hydrogen) atoms. The molecule has 0 heterocycles. The summed E-state index contributed by atoms with van der Waals surface area (Å²) in [5.74, 6) is -1.38. The summed E-state index contributed by atoms with van der Waals surface area (Å²) >= 11 is 1.37. The van der Waals surface area contributed by atoms with Crippen molar-refractivity contribution in [2.24, 2.45) is 5.73 Å². The summed E-state index contributed by atoms with van der Waals surface area (Å²) in [6, 6.07) is -0.854. The first-order valence-corrected chi connectivity index (χ1v) is 13.5. The largest absolute Gasteiger partial charge is 0.480 e. The Bertz CT molecular complexity index is 557. The number of nitrogens with two attached hydrogens (primary N) is 1. The van der Waals surface area contributed by atoms with E-state index in [0.29, 0.717) is 19.3 Å². The maximum absolute atomic E-state index is 11.9. The fourth-order valence-corrected chi connectivity index (χ4v) is 4.39. The number of aliphatic hydroxyl groups is 2. The number of carbonyl (C=O) groups excluding carboxylic acids is 1. The third kappa shape index (κ3) is 19.8. The summed E-state index contributed by atoms with van der Waals surface area (Å²) in [4.78, 5) is 22.5. The Labute approximate surface area is 204 Å². The molecule has 0 spiro atoms. The van der Waals surface area contributed by atoms with Gasteiger partial charge in [0.05, 0.1) is 12.1 Å². The van der Waals surface area contributed by atoms with Crippen LogP contribution in [0.4, 0.5) is 0 Å². The number of nitrogens with one attached hydrogen (secondary N) is 1. The van der Waals surface area contributed by atoms with Gasteiger partial charge < -0.3 is 26.4 Å². The minimum Gasteiger partial charge on any atom is -0.480 e. The summed E-state index contributed by atoms with van der Waals surface area (Å²) in [6.45, 7) is 1.86. The van der Waals surface area contributed by atoms with Crippen molar-refractivity contribution >= 4 is 23.6 Å². The van der Waals surface area contributed by atoms with Crippen molar-refractivity contribution in [3.63, 3.8) is 0 Å². The third-order valence-corrected chi connectivity index (χ3v) is 6.69. The molecule has 0 saturated carbocycles. The Morgan fingerprint density at radius 3 is 2.30 bits per heavy atom. The zero-order valence-electron chi connectivity index (χ0n) is 20.3. The van der Waals surface area contributed by atoms with Gasteiger partial charge in [0, 0.05) is 17.6 Å². The first-order valence-electron chi connectivity index (χ1n) is 12.4. The highest BCUT2D eigenvalue weighted by Crippen LogP contribution is 2.21. The van der Waals surface area contributed by atoms with Crippen molar-refractivity contribution in [1.82, 2.24) is 5.32 Å². The lowest BCUT2D eigenvalue weighted by Gasteiger charge is -2.21. The number of carbonyl (C=O) groups is 2. The minimum absolute atomic E-state index is 0.0937. The SMILES string of the molecule is CCCCCCCCCCC=CC=C[C@H](SCC(N)C(=O)NCC(=O)O)[C@H](O)CCCCO. The van der Waals surface area contributed by atoms with Crippen LogP contribution in [0.25, 0.3) is 0 Å². The van der Waals surface area contributed by atoms with Crippen LogP contribution in [0.3, 0.4) is 0 Å². The van der Waals surface area contributed by atoms with Crippen LogP contribution in [-0.4, -0.2) is 63.5 Å². The van der Waals surface area contributed by atoms with E-state index in [-0.39, 0.29) is 17.6 Å². The monoisotopic (exact) mass is 486 g/mol. The van der Waals surface area contributed by atoms with Crippen LogP contribution in [0.15, 0.2) is 24.3 Å². The van der Waals surface area contributed by atoms with Crippen molar-refractivity contribution in [2.45, 2.75) is 101 Å². The Morgan fingerprint density at radius 1 is 1.00 bits per heavy atom. The van der Waals surface area contributed by atoms with Crippen LogP contribution in [0.2, 0.25) is 0 Å². The molecule has 192 valence electrons. The average Bonchev–Trinajstić information content (AvgIpc) is 2.79. The molecule has 1 unspecified atom stereocenters. The molecule has 0 aliphatic rings. The van der Waals surface area contributed by atoms with Crippen LogP contribution in [-0.2, 0) is 9.59 Å². The smallest absolute Gasteiger partial charge is 0.322 e. The van der Waals surface area contributed by atoms with Crippen molar-refractivity contribution in [1.29, 1.82) is 0 Å². The predicted molar refractivity (Wildman–Crippen MR) is 137 cm³/mol. The summed E-state index contributed by atoms with van der Waals surface area (Å²) in [5.41, 5.74) is 5.86. The number of rotatable bonds is 22. The summed E-state index contributed by atoms with van der Waals surface area (Å²) < 4.78 is 0. The number of unbranched alkanes of at least 4 members (excludes halogenated alkanes) is 9. The normalized spacial score (nSPS) is 14.5. The van der Waals surface area contributed by atoms with E-state index in [4.69, 9.17) is 15.9 Å². The zero-order valence-corrected chi connectivity index (χ0v) is 21.1. The minimum atomic E-state index is -1.12. The van der Waals surface area contributed by atoms with E-state index in [0.717, 1.165) is 6.42 Å². The lowest BCUT2D eigenvalue weighted by molar-refractivity contribution is -0.138. The van der Waals surface area contributed by atoms with Crippen LogP contribution in [0.5, 0.6) is 0 Å². The molecule has 0 aliphatic carbocycles. The van der Waals surface area contributed by atoms with Crippen molar-refractivity contribution in [3.8, 4) is 0 Å². The van der Waals surface area contributed by atoms with Gasteiger partial charge in [0.1, 0.15) is 6.54 Å². The van der Waals surface area contributed by atoms with Gasteiger partial charge in [-0.05, 0) is 32.1 Å². The number of aliphatic hydroxyl groups excluding tert-OH is 2. The fraction of sp³-hybridized carbons (Fsp3) is 0.760. The van der Waals surface area contributed by atoms with E-state index in [9.17, 15) is 14.7 Å². The molecule has 7 nitrogen and oxygen atoms in total. The highest BCUT2D eigenvalue weighted by Gasteiger charge is 2.21. The molecule has 0 aromatic carbocycles. The van der Waals surface area contributed by atoms with E-state index >= 15 is 0 Å². The number of hydrogen-bond donors (Lipinski definition) is 5. The quantitative estimate of drug-likeness (QED) is 0.116. The number of thioether (sulfide) groups is 1. The molecular formula is C25H46N2O5S. The molecule has 6 N–H and O–H groups in total. The van der Waals surface area contributed by atoms with Crippen molar-refractivity contribution < 1.29 is 24.9 Å². The van der Waals surface area contributed by atoms with Gasteiger partial charge in [-0.2, -0.15) is 0 Å². The number of hydrogen-bond acceptors (Lipinski definition) is 6. The second kappa shape index (κ2) is 22.4. The van der Waals surface area contributed by atoms with E-state index in [1.165, 1.54) is 63.1 Å². The third-order valence-electron chi connectivity index (χ3n) is 5.28. The molecule has 0 bridgehead atoms. The van der Waals surface area contributed by atoms with E-state index in [1.54, 1.807) is 0 Å². The molecule has 3 atom stereocenters. The average molecular weight is 487 g/mol. The standard InChI is InChI=1S/C25H46N2O5S/c1-2-3-4-5-6-7-8-9-10-11-12-13-17-23(22(29)16-14-15-18-28)33-20-21(26)25(32)27-19-24(30)31/h11-13,17,21-23,28-29H,2-10,14-16,18-20,26H2,1H3,(H,27,32)(H,30,31)/t21?,22-,23+/m1/s1. The highest BCUT2D eigenvalue weighted by atomic mass is 32.2. The zero-order chi connectivity index (χ0) is 24.7. The second-order valence-corrected chi connectivity index (χ2v) is 9.59. The maximum Gasteiger partial charge on any atom is 0.322 e. The number of carboxylic acid groups (broad SMARTS) is 1. The van der Waals surface area contributed by atoms with Gasteiger partial charge in [-0.25, -0.2) is 0 Å². The maximum atomic E-state index is 11.9. The van der Waals surface area contributed by atoms with Crippen LogP contribution in [0, 0.1) is 0 Å². The summed E-state index contributed by atoms with van der Waals surface area (Å²) in [7, 11) is 0. The van der Waals surface area contributed by atoms with Gasteiger partial charge in [-0.1, -0.05) is 76.2 Å². The fourth-order valence-electron chi connectivity index (χ4n) is 3.25. The van der Waals surface area contributed by atoms with Gasteiger partial charge in [0.15, 0.2) is 0 Å². The second-order valence-electron chi connectivity index (χ2n) is 8.38. The van der Waals surface area contributed by atoms with Crippen molar-refractivity contribution in [3.05, 3.63) is 24.3 Å². The number of amides is 1.